The van der Waals surface area contributed by atoms with Gasteiger partial charge in [0.1, 0.15) is 0 Å². The molecule has 1 aromatic rings. The van der Waals surface area contributed by atoms with Crippen LogP contribution in [0.15, 0.2) is 18.2 Å². The molecule has 5 nitrogen and oxygen atoms in total. The molecule has 1 aromatic carbocycles. The van der Waals surface area contributed by atoms with E-state index in [4.69, 9.17) is 4.74 Å². The Labute approximate surface area is 106 Å². The highest BCUT2D eigenvalue weighted by Crippen LogP contribution is 2.29. The number of aromatic hydroxyl groups is 1. The van der Waals surface area contributed by atoms with Crippen molar-refractivity contribution in [2.45, 2.75) is 6.42 Å². The first-order valence-corrected chi connectivity index (χ1v) is 6.07. The molecule has 0 radical (unpaired) electrons. The van der Waals surface area contributed by atoms with Gasteiger partial charge in [-0.1, -0.05) is 6.07 Å². The minimum absolute atomic E-state index is 0.109. The number of phenolic OH excluding ortho intramolecular Hbond substituents is 1. The molecule has 2 rings (SSSR count). The first-order valence-electron chi connectivity index (χ1n) is 6.07. The summed E-state index contributed by atoms with van der Waals surface area (Å²) in [6.07, 6.45) is 1.07. The molecule has 0 bridgehead atoms. The van der Waals surface area contributed by atoms with E-state index in [-0.39, 0.29) is 17.2 Å². The Bertz CT molecular complexity index is 428. The number of nitrogens with one attached hydrogen (secondary N) is 2. The quantitative estimate of drug-likeness (QED) is 0.737. The largest absolute Gasteiger partial charge is 0.504 e. The number of ether oxygens (including phenoxy) is 1. The van der Waals surface area contributed by atoms with Crippen LogP contribution in [0.25, 0.3) is 0 Å². The highest BCUT2D eigenvalue weighted by molar-refractivity contribution is 5.97. The molecule has 0 saturated carbocycles. The van der Waals surface area contributed by atoms with Gasteiger partial charge in [0, 0.05) is 6.54 Å². The average Bonchev–Trinajstić information content (AvgIpc) is 2.89. The molecule has 1 unspecified atom stereocenters. The SMILES string of the molecule is COc1cccc(C(=O)NCC2CCNC2)c1O. The lowest BCUT2D eigenvalue weighted by atomic mass is 10.1. The molecule has 1 aliphatic heterocycles. The molecule has 1 heterocycles. The molecule has 3 N–H and O–H groups in total. The summed E-state index contributed by atoms with van der Waals surface area (Å²) in [4.78, 5) is 11.9. The van der Waals surface area contributed by atoms with Gasteiger partial charge in [0.2, 0.25) is 0 Å². The number of amides is 1. The van der Waals surface area contributed by atoms with E-state index in [1.165, 1.54) is 7.11 Å². The topological polar surface area (TPSA) is 70.6 Å². The highest BCUT2D eigenvalue weighted by Gasteiger charge is 2.18. The molecular weight excluding hydrogens is 232 g/mol. The number of phenols is 1. The van der Waals surface area contributed by atoms with Gasteiger partial charge in [-0.25, -0.2) is 0 Å². The van der Waals surface area contributed by atoms with Crippen molar-refractivity contribution in [2.24, 2.45) is 5.92 Å². The molecule has 1 atom stereocenters. The van der Waals surface area contributed by atoms with Crippen molar-refractivity contribution in [1.29, 1.82) is 0 Å². The first-order chi connectivity index (χ1) is 8.72. The van der Waals surface area contributed by atoms with Gasteiger partial charge in [-0.15, -0.1) is 0 Å². The van der Waals surface area contributed by atoms with Crippen LogP contribution in [0.5, 0.6) is 11.5 Å². The number of hydrogen-bond donors (Lipinski definition) is 3. The molecule has 18 heavy (non-hydrogen) atoms. The number of methoxy groups -OCH3 is 1. The van der Waals surface area contributed by atoms with Crippen LogP contribution in [0, 0.1) is 5.92 Å². The van der Waals surface area contributed by atoms with Gasteiger partial charge in [0.25, 0.3) is 5.91 Å². The van der Waals surface area contributed by atoms with E-state index in [0.29, 0.717) is 18.2 Å². The van der Waals surface area contributed by atoms with Crippen LogP contribution >= 0.6 is 0 Å². The van der Waals surface area contributed by atoms with Crippen molar-refractivity contribution >= 4 is 5.91 Å². The number of benzene rings is 1. The summed E-state index contributed by atoms with van der Waals surface area (Å²) in [5.41, 5.74) is 0.250. The molecule has 1 aliphatic rings. The Hall–Kier alpha value is -1.75. The zero-order chi connectivity index (χ0) is 13.0. The van der Waals surface area contributed by atoms with Crippen molar-refractivity contribution in [3.63, 3.8) is 0 Å². The molecule has 1 amide bonds. The van der Waals surface area contributed by atoms with Crippen molar-refractivity contribution < 1.29 is 14.6 Å². The molecule has 0 aliphatic carbocycles. The zero-order valence-electron chi connectivity index (χ0n) is 10.4. The van der Waals surface area contributed by atoms with E-state index in [0.717, 1.165) is 19.5 Å². The first kappa shape index (κ1) is 12.7. The second kappa shape index (κ2) is 5.73. The van der Waals surface area contributed by atoms with E-state index in [1.54, 1.807) is 18.2 Å². The van der Waals surface area contributed by atoms with E-state index in [9.17, 15) is 9.90 Å². The van der Waals surface area contributed by atoms with Gasteiger partial charge >= 0.3 is 0 Å². The number of carbonyl (C=O) groups is 1. The summed E-state index contributed by atoms with van der Waals surface area (Å²) < 4.78 is 4.97. The Balaban J connectivity index is 1.99. The van der Waals surface area contributed by atoms with Gasteiger partial charge in [0.15, 0.2) is 11.5 Å². The van der Waals surface area contributed by atoms with E-state index >= 15 is 0 Å². The summed E-state index contributed by atoms with van der Waals surface area (Å²) in [6, 6.07) is 4.89. The normalized spacial score (nSPS) is 18.6. The lowest BCUT2D eigenvalue weighted by Gasteiger charge is -2.12. The summed E-state index contributed by atoms with van der Waals surface area (Å²) in [5.74, 6) is 0.409. The Morgan fingerprint density at radius 2 is 2.44 bits per heavy atom. The second-order valence-corrected chi connectivity index (χ2v) is 4.43. The number of rotatable bonds is 4. The molecule has 5 heteroatoms. The molecule has 98 valence electrons. The predicted molar refractivity (Wildman–Crippen MR) is 68.0 cm³/mol. The molecule has 0 spiro atoms. The zero-order valence-corrected chi connectivity index (χ0v) is 10.4. The van der Waals surface area contributed by atoms with E-state index < -0.39 is 0 Å². The van der Waals surface area contributed by atoms with Gasteiger partial charge in [-0.2, -0.15) is 0 Å². The third kappa shape index (κ3) is 2.73. The summed E-state index contributed by atoms with van der Waals surface area (Å²) in [5, 5.41) is 15.9. The Morgan fingerprint density at radius 1 is 1.61 bits per heavy atom. The average molecular weight is 250 g/mol. The van der Waals surface area contributed by atoms with Crippen LogP contribution in [0.2, 0.25) is 0 Å². The molecule has 0 aromatic heterocycles. The van der Waals surface area contributed by atoms with Gasteiger partial charge in [-0.05, 0) is 37.6 Å². The van der Waals surface area contributed by atoms with Crippen molar-refractivity contribution in [3.8, 4) is 11.5 Å². The molecule has 1 fully saturated rings. The van der Waals surface area contributed by atoms with Crippen molar-refractivity contribution in [1.82, 2.24) is 10.6 Å². The maximum Gasteiger partial charge on any atom is 0.255 e. The summed E-state index contributed by atoms with van der Waals surface area (Å²) >= 11 is 0. The van der Waals surface area contributed by atoms with Gasteiger partial charge in [-0.3, -0.25) is 4.79 Å². The van der Waals surface area contributed by atoms with Crippen LogP contribution in [-0.2, 0) is 0 Å². The minimum atomic E-state index is -0.265. The smallest absolute Gasteiger partial charge is 0.255 e. The maximum atomic E-state index is 11.9. The third-order valence-corrected chi connectivity index (χ3v) is 3.18. The molecular formula is C13H18N2O3. The van der Waals surface area contributed by atoms with Crippen LogP contribution < -0.4 is 15.4 Å². The van der Waals surface area contributed by atoms with Gasteiger partial charge in [0.05, 0.1) is 12.7 Å². The van der Waals surface area contributed by atoms with E-state index in [2.05, 4.69) is 10.6 Å². The summed E-state index contributed by atoms with van der Waals surface area (Å²) in [7, 11) is 1.46. The van der Waals surface area contributed by atoms with Crippen LogP contribution in [0.4, 0.5) is 0 Å². The van der Waals surface area contributed by atoms with E-state index in [1.807, 2.05) is 0 Å². The van der Waals surface area contributed by atoms with Crippen LogP contribution in [-0.4, -0.2) is 37.8 Å². The standard InChI is InChI=1S/C13H18N2O3/c1-18-11-4-2-3-10(12(11)16)13(17)15-8-9-5-6-14-7-9/h2-4,9,14,16H,5-8H2,1H3,(H,15,17). The van der Waals surface area contributed by atoms with Crippen LogP contribution in [0.1, 0.15) is 16.8 Å². The number of hydrogen-bond acceptors (Lipinski definition) is 4. The fourth-order valence-corrected chi connectivity index (χ4v) is 2.09. The fraction of sp³-hybridized carbons (Fsp3) is 0.462. The lowest BCUT2D eigenvalue weighted by molar-refractivity contribution is 0.0945. The summed E-state index contributed by atoms with van der Waals surface area (Å²) in [6.45, 7) is 2.57. The minimum Gasteiger partial charge on any atom is -0.504 e. The predicted octanol–water partition coefficient (Wildman–Crippen LogP) is 0.740. The monoisotopic (exact) mass is 250 g/mol. The van der Waals surface area contributed by atoms with Crippen LogP contribution in [0.3, 0.4) is 0 Å². The van der Waals surface area contributed by atoms with Crippen molar-refractivity contribution in [2.75, 3.05) is 26.7 Å². The Morgan fingerprint density at radius 3 is 3.11 bits per heavy atom. The van der Waals surface area contributed by atoms with Gasteiger partial charge < -0.3 is 20.5 Å². The fourth-order valence-electron chi connectivity index (χ4n) is 2.09. The molecule has 1 saturated heterocycles. The maximum absolute atomic E-state index is 11.9. The second-order valence-electron chi connectivity index (χ2n) is 4.43. The Kier molecular flexibility index (Phi) is 4.04. The highest BCUT2D eigenvalue weighted by atomic mass is 16.5. The number of para-hydroxylation sites is 1. The number of carbonyl (C=O) groups excluding carboxylic acids is 1. The van der Waals surface area contributed by atoms with Crippen molar-refractivity contribution in [3.05, 3.63) is 23.8 Å². The third-order valence-electron chi connectivity index (χ3n) is 3.18. The lowest BCUT2D eigenvalue weighted by Crippen LogP contribution is -2.30.